The molecule has 0 radical (unpaired) electrons. The summed E-state index contributed by atoms with van der Waals surface area (Å²) in [5.41, 5.74) is 9.42. The van der Waals surface area contributed by atoms with Crippen molar-refractivity contribution in [3.8, 4) is 0 Å². The lowest BCUT2D eigenvalue weighted by molar-refractivity contribution is 0.719. The van der Waals surface area contributed by atoms with E-state index in [0.29, 0.717) is 0 Å². The molecule has 1 unspecified atom stereocenters. The summed E-state index contributed by atoms with van der Waals surface area (Å²) in [6, 6.07) is 9.82. The third-order valence-electron chi connectivity index (χ3n) is 2.73. The number of nitrogens with zero attached hydrogens (tertiary/aromatic N) is 1. The van der Waals surface area contributed by atoms with E-state index in [1.165, 1.54) is 0 Å². The van der Waals surface area contributed by atoms with Gasteiger partial charge < -0.3 is 5.73 Å². The van der Waals surface area contributed by atoms with E-state index in [-0.39, 0.29) is 6.04 Å². The van der Waals surface area contributed by atoms with Crippen LogP contribution in [0.2, 0.25) is 5.02 Å². The number of halogens is 1. The van der Waals surface area contributed by atoms with Gasteiger partial charge >= 0.3 is 0 Å². The van der Waals surface area contributed by atoms with Crippen molar-refractivity contribution in [3.05, 3.63) is 64.4 Å². The van der Waals surface area contributed by atoms with Crippen molar-refractivity contribution >= 4 is 11.6 Å². The normalized spacial score (nSPS) is 12.4. The number of rotatable bonds is 3. The molecule has 1 aromatic carbocycles. The predicted octanol–water partition coefficient (Wildman–Crippen LogP) is 3.29. The van der Waals surface area contributed by atoms with Gasteiger partial charge in [-0.05, 0) is 42.2 Å². The van der Waals surface area contributed by atoms with Gasteiger partial charge in [0.1, 0.15) is 0 Å². The Morgan fingerprint density at radius 1 is 1.35 bits per heavy atom. The molecule has 0 spiro atoms. The molecule has 1 aromatic heterocycles. The zero-order chi connectivity index (χ0) is 12.3. The van der Waals surface area contributed by atoms with Crippen LogP contribution in [-0.2, 0) is 6.42 Å². The zero-order valence-electron chi connectivity index (χ0n) is 9.73. The molecular weight excluding hydrogens is 232 g/mol. The molecule has 0 aliphatic heterocycles. The first-order valence-electron chi connectivity index (χ1n) is 5.57. The maximum atomic E-state index is 6.19. The van der Waals surface area contributed by atoms with E-state index >= 15 is 0 Å². The van der Waals surface area contributed by atoms with Crippen molar-refractivity contribution in [3.63, 3.8) is 0 Å². The fourth-order valence-corrected chi connectivity index (χ4v) is 2.19. The van der Waals surface area contributed by atoms with Gasteiger partial charge in [-0.25, -0.2) is 0 Å². The Labute approximate surface area is 106 Å². The summed E-state index contributed by atoms with van der Waals surface area (Å²) in [6.45, 7) is 2.02. The molecule has 0 amide bonds. The highest BCUT2D eigenvalue weighted by Crippen LogP contribution is 2.24. The quantitative estimate of drug-likeness (QED) is 0.903. The van der Waals surface area contributed by atoms with E-state index in [4.69, 9.17) is 17.3 Å². The fourth-order valence-electron chi connectivity index (χ4n) is 1.82. The summed E-state index contributed by atoms with van der Waals surface area (Å²) in [7, 11) is 0. The second-order valence-electron chi connectivity index (χ2n) is 4.20. The van der Waals surface area contributed by atoms with Crippen molar-refractivity contribution in [2.45, 2.75) is 19.4 Å². The van der Waals surface area contributed by atoms with Crippen LogP contribution >= 0.6 is 11.6 Å². The van der Waals surface area contributed by atoms with E-state index in [9.17, 15) is 0 Å². The minimum Gasteiger partial charge on any atom is -0.324 e. The Morgan fingerprint density at radius 3 is 2.82 bits per heavy atom. The Kier molecular flexibility index (Phi) is 3.77. The van der Waals surface area contributed by atoms with Gasteiger partial charge in [-0.15, -0.1) is 0 Å². The van der Waals surface area contributed by atoms with Gasteiger partial charge in [0, 0.05) is 23.5 Å². The van der Waals surface area contributed by atoms with E-state index in [2.05, 4.69) is 4.98 Å². The van der Waals surface area contributed by atoms with E-state index in [1.54, 1.807) is 6.20 Å². The maximum absolute atomic E-state index is 6.19. The van der Waals surface area contributed by atoms with E-state index < -0.39 is 0 Å². The molecule has 0 saturated heterocycles. The average molecular weight is 247 g/mol. The number of benzene rings is 1. The summed E-state index contributed by atoms with van der Waals surface area (Å²) in [5.74, 6) is 0. The SMILES string of the molecule is Cc1ccc(C(N)Cc2cccnc2)c(Cl)c1. The van der Waals surface area contributed by atoms with Crippen LogP contribution in [0.15, 0.2) is 42.7 Å². The molecule has 17 heavy (non-hydrogen) atoms. The highest BCUT2D eigenvalue weighted by atomic mass is 35.5. The maximum Gasteiger partial charge on any atom is 0.0456 e. The van der Waals surface area contributed by atoms with Gasteiger partial charge in [-0.3, -0.25) is 4.98 Å². The molecule has 0 saturated carbocycles. The molecule has 2 aromatic rings. The highest BCUT2D eigenvalue weighted by Gasteiger charge is 2.10. The third kappa shape index (κ3) is 3.05. The molecule has 2 N–H and O–H groups in total. The van der Waals surface area contributed by atoms with Crippen LogP contribution in [0, 0.1) is 6.92 Å². The first-order valence-corrected chi connectivity index (χ1v) is 5.95. The summed E-state index contributed by atoms with van der Waals surface area (Å²) in [5, 5.41) is 0.737. The minimum atomic E-state index is -0.0905. The Morgan fingerprint density at radius 2 is 2.18 bits per heavy atom. The summed E-state index contributed by atoms with van der Waals surface area (Å²) in [6.07, 6.45) is 4.34. The standard InChI is InChI=1S/C14H15ClN2/c1-10-4-5-12(13(15)7-10)14(16)8-11-3-2-6-17-9-11/h2-7,9,14H,8,16H2,1H3. The van der Waals surface area contributed by atoms with Crippen LogP contribution in [0.25, 0.3) is 0 Å². The van der Waals surface area contributed by atoms with Crippen molar-refractivity contribution < 1.29 is 0 Å². The Balaban J connectivity index is 2.17. The van der Waals surface area contributed by atoms with Crippen LogP contribution in [-0.4, -0.2) is 4.98 Å². The second kappa shape index (κ2) is 5.30. The number of hydrogen-bond acceptors (Lipinski definition) is 2. The van der Waals surface area contributed by atoms with Gasteiger partial charge in [0.05, 0.1) is 0 Å². The molecule has 1 atom stereocenters. The first-order chi connectivity index (χ1) is 8.16. The Bertz CT molecular complexity index is 497. The number of aryl methyl sites for hydroxylation is 1. The van der Waals surface area contributed by atoms with Crippen molar-refractivity contribution in [1.82, 2.24) is 4.98 Å². The molecule has 2 nitrogen and oxygen atoms in total. The lowest BCUT2D eigenvalue weighted by Crippen LogP contribution is -2.14. The summed E-state index contributed by atoms with van der Waals surface area (Å²) in [4.78, 5) is 4.08. The van der Waals surface area contributed by atoms with Crippen LogP contribution in [0.5, 0.6) is 0 Å². The van der Waals surface area contributed by atoms with E-state index in [0.717, 1.165) is 28.1 Å². The molecule has 0 bridgehead atoms. The fraction of sp³-hybridized carbons (Fsp3) is 0.214. The number of aromatic nitrogens is 1. The smallest absolute Gasteiger partial charge is 0.0456 e. The minimum absolute atomic E-state index is 0.0905. The largest absolute Gasteiger partial charge is 0.324 e. The van der Waals surface area contributed by atoms with Gasteiger partial charge in [-0.1, -0.05) is 29.8 Å². The Hall–Kier alpha value is -1.38. The van der Waals surface area contributed by atoms with E-state index in [1.807, 2.05) is 43.5 Å². The van der Waals surface area contributed by atoms with Gasteiger partial charge in [0.15, 0.2) is 0 Å². The monoisotopic (exact) mass is 246 g/mol. The van der Waals surface area contributed by atoms with Crippen molar-refractivity contribution in [2.24, 2.45) is 5.73 Å². The number of pyridine rings is 1. The molecule has 88 valence electrons. The van der Waals surface area contributed by atoms with Crippen molar-refractivity contribution in [2.75, 3.05) is 0 Å². The molecule has 3 heteroatoms. The average Bonchev–Trinajstić information content (AvgIpc) is 2.30. The molecule has 0 aliphatic carbocycles. The van der Waals surface area contributed by atoms with Gasteiger partial charge in [0.2, 0.25) is 0 Å². The highest BCUT2D eigenvalue weighted by molar-refractivity contribution is 6.31. The summed E-state index contributed by atoms with van der Waals surface area (Å²) < 4.78 is 0. The van der Waals surface area contributed by atoms with Crippen LogP contribution in [0.3, 0.4) is 0 Å². The van der Waals surface area contributed by atoms with Crippen LogP contribution < -0.4 is 5.73 Å². The molecule has 0 fully saturated rings. The number of nitrogens with two attached hydrogens (primary N) is 1. The summed E-state index contributed by atoms with van der Waals surface area (Å²) >= 11 is 6.19. The second-order valence-corrected chi connectivity index (χ2v) is 4.60. The van der Waals surface area contributed by atoms with Crippen molar-refractivity contribution in [1.29, 1.82) is 0 Å². The lowest BCUT2D eigenvalue weighted by atomic mass is 10.00. The zero-order valence-corrected chi connectivity index (χ0v) is 10.5. The molecule has 1 heterocycles. The third-order valence-corrected chi connectivity index (χ3v) is 3.06. The number of hydrogen-bond donors (Lipinski definition) is 1. The van der Waals surface area contributed by atoms with Crippen LogP contribution in [0.4, 0.5) is 0 Å². The van der Waals surface area contributed by atoms with Gasteiger partial charge in [-0.2, -0.15) is 0 Å². The van der Waals surface area contributed by atoms with Crippen LogP contribution in [0.1, 0.15) is 22.7 Å². The first kappa shape index (κ1) is 12.1. The molecular formula is C14H15ClN2. The predicted molar refractivity (Wildman–Crippen MR) is 71.1 cm³/mol. The molecule has 2 rings (SSSR count). The topological polar surface area (TPSA) is 38.9 Å². The molecule has 0 aliphatic rings. The van der Waals surface area contributed by atoms with Gasteiger partial charge in [0.25, 0.3) is 0 Å². The lowest BCUT2D eigenvalue weighted by Gasteiger charge is -2.14.